The first kappa shape index (κ1) is 8.52. The molecule has 0 radical (unpaired) electrons. The van der Waals surface area contributed by atoms with Gasteiger partial charge in [0.1, 0.15) is 0 Å². The van der Waals surface area contributed by atoms with Crippen molar-refractivity contribution in [2.75, 3.05) is 19.6 Å². The number of nitrogens with two attached hydrogens (primary N) is 1. The topological polar surface area (TPSA) is 38.0 Å². The molecule has 1 saturated heterocycles. The van der Waals surface area contributed by atoms with Gasteiger partial charge in [-0.3, -0.25) is 0 Å². The van der Waals surface area contributed by atoms with Gasteiger partial charge in [-0.15, -0.1) is 0 Å². The number of hydrogen-bond donors (Lipinski definition) is 2. The zero-order chi connectivity index (χ0) is 8.98. The van der Waals surface area contributed by atoms with E-state index in [1.54, 1.807) is 0 Å². The summed E-state index contributed by atoms with van der Waals surface area (Å²) in [4.78, 5) is 0. The summed E-state index contributed by atoms with van der Waals surface area (Å²) in [6.45, 7) is 10.3. The monoisotopic (exact) mass is 168 g/mol. The smallest absolute Gasteiger partial charge is 0.00195 e. The zero-order valence-electron chi connectivity index (χ0n) is 8.35. The molecule has 2 nitrogen and oxygen atoms in total. The minimum atomic E-state index is 0.422. The van der Waals surface area contributed by atoms with Gasteiger partial charge in [-0.2, -0.15) is 0 Å². The van der Waals surface area contributed by atoms with Crippen LogP contribution in [0.15, 0.2) is 0 Å². The lowest BCUT2D eigenvalue weighted by molar-refractivity contribution is 0.198. The summed E-state index contributed by atoms with van der Waals surface area (Å²) in [5.74, 6) is 1.65. The van der Waals surface area contributed by atoms with Crippen molar-refractivity contribution in [2.24, 2.45) is 28.4 Å². The standard InChI is InChI=1S/C10H20N2/c1-9(2,3)10-6-12-5-8(10)7(10)4-11/h7-8,12H,4-6,11H2,1-3H3. The van der Waals surface area contributed by atoms with Gasteiger partial charge >= 0.3 is 0 Å². The van der Waals surface area contributed by atoms with E-state index in [9.17, 15) is 0 Å². The maximum Gasteiger partial charge on any atom is 0.00195 e. The van der Waals surface area contributed by atoms with Crippen molar-refractivity contribution in [1.82, 2.24) is 5.32 Å². The number of piperidine rings is 1. The third-order valence-electron chi connectivity index (χ3n) is 4.13. The second-order valence-electron chi connectivity index (χ2n) is 5.37. The Morgan fingerprint density at radius 3 is 2.50 bits per heavy atom. The van der Waals surface area contributed by atoms with Crippen LogP contribution in [0, 0.1) is 22.7 Å². The van der Waals surface area contributed by atoms with Gasteiger partial charge in [0.25, 0.3) is 0 Å². The number of hydrogen-bond acceptors (Lipinski definition) is 2. The van der Waals surface area contributed by atoms with Gasteiger partial charge < -0.3 is 11.1 Å². The van der Waals surface area contributed by atoms with Crippen LogP contribution >= 0.6 is 0 Å². The lowest BCUT2D eigenvalue weighted by atomic mass is 9.75. The van der Waals surface area contributed by atoms with Crippen molar-refractivity contribution in [3.8, 4) is 0 Å². The van der Waals surface area contributed by atoms with Crippen LogP contribution in [0.4, 0.5) is 0 Å². The molecule has 2 heteroatoms. The van der Waals surface area contributed by atoms with E-state index in [-0.39, 0.29) is 0 Å². The largest absolute Gasteiger partial charge is 0.330 e. The van der Waals surface area contributed by atoms with E-state index in [1.165, 1.54) is 13.1 Å². The van der Waals surface area contributed by atoms with Crippen LogP contribution < -0.4 is 11.1 Å². The fourth-order valence-electron chi connectivity index (χ4n) is 3.38. The van der Waals surface area contributed by atoms with Gasteiger partial charge in [-0.1, -0.05) is 20.8 Å². The second-order valence-corrected chi connectivity index (χ2v) is 5.37. The molecule has 3 atom stereocenters. The molecule has 0 bridgehead atoms. The third kappa shape index (κ3) is 0.775. The highest BCUT2D eigenvalue weighted by Gasteiger charge is 2.70. The summed E-state index contributed by atoms with van der Waals surface area (Å²) >= 11 is 0. The molecule has 3 unspecified atom stereocenters. The summed E-state index contributed by atoms with van der Waals surface area (Å²) in [7, 11) is 0. The Bertz CT molecular complexity index is 189. The molecule has 0 spiro atoms. The molecule has 2 fully saturated rings. The number of nitrogens with one attached hydrogen (secondary N) is 1. The van der Waals surface area contributed by atoms with Crippen molar-refractivity contribution >= 4 is 0 Å². The Labute approximate surface area is 74.9 Å². The van der Waals surface area contributed by atoms with Crippen LogP contribution in [0.1, 0.15) is 20.8 Å². The molecule has 2 rings (SSSR count). The minimum absolute atomic E-state index is 0.422. The first-order valence-electron chi connectivity index (χ1n) is 4.95. The second kappa shape index (κ2) is 2.24. The van der Waals surface area contributed by atoms with Crippen LogP contribution in [0.3, 0.4) is 0 Å². The Kier molecular flexibility index (Phi) is 1.59. The van der Waals surface area contributed by atoms with Crippen LogP contribution in [0.5, 0.6) is 0 Å². The molecule has 1 heterocycles. The maximum absolute atomic E-state index is 5.78. The molecule has 70 valence electrons. The minimum Gasteiger partial charge on any atom is -0.330 e. The highest BCUT2D eigenvalue weighted by Crippen LogP contribution is 2.68. The lowest BCUT2D eigenvalue weighted by Crippen LogP contribution is -2.33. The van der Waals surface area contributed by atoms with E-state index >= 15 is 0 Å². The molecule has 0 aromatic carbocycles. The summed E-state index contributed by atoms with van der Waals surface area (Å²) < 4.78 is 0. The lowest BCUT2D eigenvalue weighted by Gasteiger charge is -2.30. The molecule has 2 aliphatic rings. The Hall–Kier alpha value is -0.0800. The van der Waals surface area contributed by atoms with Gasteiger partial charge in [-0.25, -0.2) is 0 Å². The summed E-state index contributed by atoms with van der Waals surface area (Å²) in [5, 5.41) is 3.48. The van der Waals surface area contributed by atoms with Gasteiger partial charge in [0, 0.05) is 6.54 Å². The molecule has 0 aromatic heterocycles. The van der Waals surface area contributed by atoms with Crippen LogP contribution in [0.25, 0.3) is 0 Å². The Balaban J connectivity index is 2.21. The summed E-state index contributed by atoms with van der Waals surface area (Å²) in [6, 6.07) is 0. The van der Waals surface area contributed by atoms with Gasteiger partial charge in [-0.05, 0) is 35.8 Å². The van der Waals surface area contributed by atoms with Crippen LogP contribution in [-0.2, 0) is 0 Å². The summed E-state index contributed by atoms with van der Waals surface area (Å²) in [5.41, 5.74) is 6.73. The highest BCUT2D eigenvalue weighted by atomic mass is 15.0. The molecule has 3 N–H and O–H groups in total. The van der Waals surface area contributed by atoms with Crippen LogP contribution in [-0.4, -0.2) is 19.6 Å². The average Bonchev–Trinajstić information content (AvgIpc) is 2.36. The number of fused-ring (bicyclic) bond motifs is 1. The number of rotatable bonds is 1. The molecule has 1 aliphatic heterocycles. The predicted octanol–water partition coefficient (Wildman–Crippen LogP) is 0.827. The van der Waals surface area contributed by atoms with Gasteiger partial charge in [0.15, 0.2) is 0 Å². The first-order chi connectivity index (χ1) is 5.54. The fraction of sp³-hybridized carbons (Fsp3) is 1.00. The zero-order valence-corrected chi connectivity index (χ0v) is 8.35. The quantitative estimate of drug-likeness (QED) is 0.608. The van der Waals surface area contributed by atoms with Gasteiger partial charge in [0.05, 0.1) is 0 Å². The predicted molar refractivity (Wildman–Crippen MR) is 50.8 cm³/mol. The van der Waals surface area contributed by atoms with E-state index in [0.29, 0.717) is 10.8 Å². The van der Waals surface area contributed by atoms with E-state index in [4.69, 9.17) is 5.73 Å². The SMILES string of the molecule is CC(C)(C)C12CNCC1C2CN. The van der Waals surface area contributed by atoms with Crippen molar-refractivity contribution in [3.63, 3.8) is 0 Å². The molecule has 12 heavy (non-hydrogen) atoms. The van der Waals surface area contributed by atoms with Crippen molar-refractivity contribution in [2.45, 2.75) is 20.8 Å². The normalized spacial score (nSPS) is 46.0. The molecule has 0 aromatic rings. The molecule has 0 amide bonds. The van der Waals surface area contributed by atoms with Crippen LogP contribution in [0.2, 0.25) is 0 Å². The molecular weight excluding hydrogens is 148 g/mol. The maximum atomic E-state index is 5.78. The molecule has 1 saturated carbocycles. The Morgan fingerprint density at radius 1 is 1.50 bits per heavy atom. The molecular formula is C10H20N2. The summed E-state index contributed by atoms with van der Waals surface area (Å²) in [6.07, 6.45) is 0. The van der Waals surface area contributed by atoms with Crippen molar-refractivity contribution < 1.29 is 0 Å². The van der Waals surface area contributed by atoms with Crippen molar-refractivity contribution in [3.05, 3.63) is 0 Å². The van der Waals surface area contributed by atoms with Crippen molar-refractivity contribution in [1.29, 1.82) is 0 Å². The fourth-order valence-corrected chi connectivity index (χ4v) is 3.38. The Morgan fingerprint density at radius 2 is 2.17 bits per heavy atom. The van der Waals surface area contributed by atoms with E-state index in [1.807, 2.05) is 0 Å². The average molecular weight is 168 g/mol. The first-order valence-corrected chi connectivity index (χ1v) is 4.95. The molecule has 1 aliphatic carbocycles. The third-order valence-corrected chi connectivity index (χ3v) is 4.13. The van der Waals surface area contributed by atoms with E-state index < -0.39 is 0 Å². The van der Waals surface area contributed by atoms with Gasteiger partial charge in [0.2, 0.25) is 0 Å². The van der Waals surface area contributed by atoms with E-state index in [2.05, 4.69) is 26.1 Å². The highest BCUT2D eigenvalue weighted by molar-refractivity contribution is 5.20. The van der Waals surface area contributed by atoms with E-state index in [0.717, 1.165) is 18.4 Å².